The zero-order valence-electron chi connectivity index (χ0n) is 19.3. The molecule has 0 radical (unpaired) electrons. The maximum Gasteiger partial charge on any atom is 0.261 e. The molecular formula is C26H23ClN4O5. The molecule has 5 rings (SSSR count). The number of aliphatic hydroxyl groups is 2. The van der Waals surface area contributed by atoms with E-state index in [0.29, 0.717) is 39.7 Å². The van der Waals surface area contributed by atoms with Gasteiger partial charge >= 0.3 is 0 Å². The molecule has 2 atom stereocenters. The molecule has 2 aliphatic heterocycles. The Bertz CT molecular complexity index is 1480. The number of aromatic amines is 1. The molecule has 2 amide bonds. The molecule has 3 aromatic rings. The molecule has 3 heterocycles. The lowest BCUT2D eigenvalue weighted by atomic mass is 10.00. The lowest BCUT2D eigenvalue weighted by Gasteiger charge is -2.15. The number of carbonyl (C=O) groups excluding carboxylic acids is 2. The number of anilines is 1. The zero-order chi connectivity index (χ0) is 25.6. The van der Waals surface area contributed by atoms with Crippen LogP contribution in [0, 0.1) is 0 Å². The first-order chi connectivity index (χ1) is 17.2. The fourth-order valence-corrected chi connectivity index (χ4v) is 4.70. The summed E-state index contributed by atoms with van der Waals surface area (Å²) in [6.45, 7) is 1.56. The highest BCUT2D eigenvalue weighted by atomic mass is 35.5. The predicted molar refractivity (Wildman–Crippen MR) is 135 cm³/mol. The van der Waals surface area contributed by atoms with Crippen molar-refractivity contribution in [2.75, 3.05) is 18.4 Å². The van der Waals surface area contributed by atoms with Crippen LogP contribution in [0.4, 0.5) is 11.4 Å². The number of aromatic nitrogens is 1. The second-order valence-electron chi connectivity index (χ2n) is 8.88. The molecule has 2 aliphatic rings. The Morgan fingerprint density at radius 1 is 1.11 bits per heavy atom. The maximum atomic E-state index is 12.8. The molecular weight excluding hydrogens is 484 g/mol. The lowest BCUT2D eigenvalue weighted by molar-refractivity contribution is 0.0563. The molecule has 10 heteroatoms. The number of imide groups is 1. The van der Waals surface area contributed by atoms with Gasteiger partial charge in [-0.05, 0) is 48.4 Å². The summed E-state index contributed by atoms with van der Waals surface area (Å²) in [6.07, 6.45) is 0.101. The van der Waals surface area contributed by atoms with Gasteiger partial charge < -0.3 is 20.5 Å². The van der Waals surface area contributed by atoms with Crippen LogP contribution < -0.4 is 10.9 Å². The van der Waals surface area contributed by atoms with Gasteiger partial charge in [-0.15, -0.1) is 0 Å². The van der Waals surface area contributed by atoms with E-state index in [1.54, 1.807) is 42.5 Å². The van der Waals surface area contributed by atoms with Gasteiger partial charge in [0, 0.05) is 24.2 Å². The number of nitrogens with one attached hydrogen (secondary N) is 2. The molecule has 0 bridgehead atoms. The van der Waals surface area contributed by atoms with Crippen molar-refractivity contribution >= 4 is 40.5 Å². The van der Waals surface area contributed by atoms with Crippen LogP contribution in [-0.4, -0.2) is 56.8 Å². The second-order valence-corrected chi connectivity index (χ2v) is 9.32. The highest BCUT2D eigenvalue weighted by molar-refractivity contribution is 6.30. The number of benzene rings is 2. The molecule has 1 aromatic heterocycles. The van der Waals surface area contributed by atoms with Gasteiger partial charge in [-0.25, -0.2) is 0 Å². The number of pyridine rings is 1. The van der Waals surface area contributed by atoms with Gasteiger partial charge in [0.25, 0.3) is 17.4 Å². The van der Waals surface area contributed by atoms with E-state index in [4.69, 9.17) is 11.6 Å². The molecule has 2 aromatic carbocycles. The fourth-order valence-electron chi connectivity index (χ4n) is 4.51. The molecule has 0 unspecified atom stereocenters. The van der Waals surface area contributed by atoms with Crippen LogP contribution >= 0.6 is 11.6 Å². The number of nitrogens with zero attached hydrogens (tertiary/aromatic N) is 2. The van der Waals surface area contributed by atoms with E-state index in [1.165, 1.54) is 13.1 Å². The van der Waals surface area contributed by atoms with Gasteiger partial charge in [0.05, 0.1) is 52.5 Å². The van der Waals surface area contributed by atoms with Crippen molar-refractivity contribution in [3.8, 4) is 0 Å². The van der Waals surface area contributed by atoms with E-state index in [-0.39, 0.29) is 29.8 Å². The quantitative estimate of drug-likeness (QED) is 0.364. The number of H-pyrrole nitrogens is 1. The molecule has 0 fully saturated rings. The highest BCUT2D eigenvalue weighted by Gasteiger charge is 2.38. The van der Waals surface area contributed by atoms with Gasteiger partial charge in [-0.3, -0.25) is 24.3 Å². The Balaban J connectivity index is 1.41. The summed E-state index contributed by atoms with van der Waals surface area (Å²) in [4.78, 5) is 46.6. The normalized spacial score (nSPS) is 16.0. The number of rotatable bonds is 7. The molecule has 4 N–H and O–H groups in total. The fraction of sp³-hybridized carbons (Fsp3) is 0.231. The molecule has 184 valence electrons. The van der Waals surface area contributed by atoms with E-state index in [2.05, 4.69) is 15.3 Å². The topological polar surface area (TPSA) is 135 Å². The van der Waals surface area contributed by atoms with Gasteiger partial charge in [-0.2, -0.15) is 0 Å². The molecule has 0 aliphatic carbocycles. The first kappa shape index (κ1) is 23.9. The Morgan fingerprint density at radius 3 is 2.58 bits per heavy atom. The third kappa shape index (κ3) is 4.32. The number of amides is 2. The monoisotopic (exact) mass is 506 g/mol. The molecule has 9 nitrogen and oxygen atoms in total. The summed E-state index contributed by atoms with van der Waals surface area (Å²) in [5, 5.41) is 23.8. The zero-order valence-corrected chi connectivity index (χ0v) is 20.0. The van der Waals surface area contributed by atoms with Crippen LogP contribution in [0.25, 0.3) is 0 Å². The summed E-state index contributed by atoms with van der Waals surface area (Å²) in [7, 11) is 0. The van der Waals surface area contributed by atoms with E-state index in [0.717, 1.165) is 10.5 Å². The molecule has 36 heavy (non-hydrogen) atoms. The number of aliphatic imine (C=N–C) groups is 1. The summed E-state index contributed by atoms with van der Waals surface area (Å²) in [5.41, 5.74) is 3.31. The van der Waals surface area contributed by atoms with E-state index in [9.17, 15) is 24.6 Å². The highest BCUT2D eigenvalue weighted by Crippen LogP contribution is 2.36. The number of carbonyl (C=O) groups is 2. The van der Waals surface area contributed by atoms with E-state index < -0.39 is 24.0 Å². The standard InChI is InChI=1S/C26H23ClN4O5/c1-13(32)12-31-25(35)17-8-15-9-21(30-20(15)10-18(17)26(31)36)23-19(5-6-28-24(23)34)29-11-22(33)14-3-2-4-16(27)7-14/h2-8,10,13,22,32-33H,9,11-12H2,1H3,(H2,28,29,34)/t13-,22+/m0/s1. The van der Waals surface area contributed by atoms with Crippen LogP contribution in [0.2, 0.25) is 5.02 Å². The third-order valence-corrected chi connectivity index (χ3v) is 6.43. The van der Waals surface area contributed by atoms with Gasteiger partial charge in [-0.1, -0.05) is 23.7 Å². The number of halogens is 1. The smallest absolute Gasteiger partial charge is 0.261 e. The van der Waals surface area contributed by atoms with Crippen LogP contribution in [0.15, 0.2) is 58.4 Å². The summed E-state index contributed by atoms with van der Waals surface area (Å²) in [5.74, 6) is -0.931. The van der Waals surface area contributed by atoms with Crippen LogP contribution in [0.5, 0.6) is 0 Å². The van der Waals surface area contributed by atoms with Crippen molar-refractivity contribution in [1.29, 1.82) is 0 Å². The molecule has 0 saturated carbocycles. The first-order valence-corrected chi connectivity index (χ1v) is 11.8. The minimum absolute atomic E-state index is 0.0824. The Hall–Kier alpha value is -3.79. The largest absolute Gasteiger partial charge is 0.392 e. The summed E-state index contributed by atoms with van der Waals surface area (Å²) < 4.78 is 0. The average Bonchev–Trinajstić information content (AvgIpc) is 3.35. The Kier molecular flexibility index (Phi) is 6.21. The minimum atomic E-state index is -0.858. The Morgan fingerprint density at radius 2 is 1.86 bits per heavy atom. The minimum Gasteiger partial charge on any atom is -0.392 e. The predicted octanol–water partition coefficient (Wildman–Crippen LogP) is 2.83. The average molecular weight is 507 g/mol. The first-order valence-electron chi connectivity index (χ1n) is 11.4. The Labute approximate surface area is 211 Å². The van der Waals surface area contributed by atoms with Crippen molar-refractivity contribution in [3.63, 3.8) is 0 Å². The van der Waals surface area contributed by atoms with E-state index >= 15 is 0 Å². The van der Waals surface area contributed by atoms with Gasteiger partial charge in [0.15, 0.2) is 0 Å². The van der Waals surface area contributed by atoms with Crippen LogP contribution in [-0.2, 0) is 6.42 Å². The van der Waals surface area contributed by atoms with Crippen molar-refractivity contribution in [2.24, 2.45) is 4.99 Å². The maximum absolute atomic E-state index is 12.8. The number of fused-ring (bicyclic) bond motifs is 2. The summed E-state index contributed by atoms with van der Waals surface area (Å²) >= 11 is 6.02. The second kappa shape index (κ2) is 9.34. The van der Waals surface area contributed by atoms with Crippen LogP contribution in [0.3, 0.4) is 0 Å². The SMILES string of the molecule is C[C@H](O)CN1C(=O)c2cc3c(cc2C1=O)N=C(c1c(NC[C@@H](O)c2cccc(Cl)c2)cc[nH]c1=O)C3. The number of hydrogen-bond acceptors (Lipinski definition) is 7. The number of hydrogen-bond donors (Lipinski definition) is 4. The van der Waals surface area contributed by atoms with E-state index in [1.807, 2.05) is 0 Å². The van der Waals surface area contributed by atoms with Crippen LogP contribution in [0.1, 0.15) is 50.4 Å². The van der Waals surface area contributed by atoms with Crippen molar-refractivity contribution in [1.82, 2.24) is 9.88 Å². The van der Waals surface area contributed by atoms with Crippen molar-refractivity contribution < 1.29 is 19.8 Å². The summed E-state index contributed by atoms with van der Waals surface area (Å²) in [6, 6.07) is 11.8. The lowest BCUT2D eigenvalue weighted by Crippen LogP contribution is -2.35. The number of β-amino-alcohol motifs (C(OH)–C–C–N with tert-alkyl or cyclic N) is 1. The third-order valence-electron chi connectivity index (χ3n) is 6.20. The molecule has 0 spiro atoms. The number of aliphatic hydroxyl groups excluding tert-OH is 2. The van der Waals surface area contributed by atoms with Gasteiger partial charge in [0.2, 0.25) is 0 Å². The van der Waals surface area contributed by atoms with Crippen molar-refractivity contribution in [2.45, 2.75) is 25.6 Å². The molecule has 0 saturated heterocycles. The van der Waals surface area contributed by atoms with Gasteiger partial charge in [0.1, 0.15) is 0 Å². The van der Waals surface area contributed by atoms with Crippen molar-refractivity contribution in [3.05, 3.63) is 91.9 Å².